The number of carboxylic acid groups (broad SMARTS) is 1. The molecule has 1 aliphatic rings. The molecular weight excluding hydrogens is 300 g/mol. The zero-order valence-electron chi connectivity index (χ0n) is 12.2. The molecule has 22 heavy (non-hydrogen) atoms. The zero-order valence-corrected chi connectivity index (χ0v) is 13.0. The number of carboxylic acids is 1. The molecule has 1 saturated heterocycles. The van der Waals surface area contributed by atoms with E-state index in [2.05, 4.69) is 4.98 Å². The van der Waals surface area contributed by atoms with Crippen LogP contribution in [0.25, 0.3) is 0 Å². The maximum atomic E-state index is 12.7. The van der Waals surface area contributed by atoms with Gasteiger partial charge in [-0.05, 0) is 44.0 Å². The number of carbonyl (C=O) groups is 2. The van der Waals surface area contributed by atoms with Crippen molar-refractivity contribution in [1.29, 1.82) is 0 Å². The van der Waals surface area contributed by atoms with Gasteiger partial charge in [-0.1, -0.05) is 0 Å². The lowest BCUT2D eigenvalue weighted by Crippen LogP contribution is -2.30. The van der Waals surface area contributed by atoms with E-state index in [0.717, 1.165) is 23.5 Å². The average Bonchev–Trinajstić information content (AvgIpc) is 3.15. The minimum atomic E-state index is -0.990. The number of nitrogens with zero attached hydrogens (tertiary/aromatic N) is 2. The van der Waals surface area contributed by atoms with Crippen molar-refractivity contribution in [1.82, 2.24) is 9.88 Å². The first-order chi connectivity index (χ1) is 10.6. The largest absolute Gasteiger partial charge is 0.478 e. The van der Waals surface area contributed by atoms with Crippen LogP contribution in [0.4, 0.5) is 0 Å². The minimum absolute atomic E-state index is 0.0246. The Morgan fingerprint density at radius 3 is 2.55 bits per heavy atom. The molecule has 1 fully saturated rings. The molecule has 1 aliphatic heterocycles. The molecule has 5 nitrogen and oxygen atoms in total. The van der Waals surface area contributed by atoms with Crippen molar-refractivity contribution >= 4 is 23.2 Å². The first-order valence-corrected chi connectivity index (χ1v) is 8.00. The van der Waals surface area contributed by atoms with Crippen molar-refractivity contribution in [2.45, 2.75) is 25.8 Å². The summed E-state index contributed by atoms with van der Waals surface area (Å²) in [6, 6.07) is 6.11. The summed E-state index contributed by atoms with van der Waals surface area (Å²) >= 11 is 1.59. The van der Waals surface area contributed by atoms with Crippen molar-refractivity contribution in [3.63, 3.8) is 0 Å². The van der Waals surface area contributed by atoms with Crippen LogP contribution in [0, 0.1) is 6.92 Å². The van der Waals surface area contributed by atoms with E-state index in [1.54, 1.807) is 23.5 Å². The molecule has 1 aromatic heterocycles. The Kier molecular flexibility index (Phi) is 3.94. The topological polar surface area (TPSA) is 70.5 Å². The third kappa shape index (κ3) is 2.74. The fraction of sp³-hybridized carbons (Fsp3) is 0.312. The van der Waals surface area contributed by atoms with Gasteiger partial charge in [0.2, 0.25) is 0 Å². The number of likely N-dealkylation sites (tertiary alicyclic amines) is 1. The first kappa shape index (κ1) is 14.7. The van der Waals surface area contributed by atoms with E-state index < -0.39 is 5.97 Å². The lowest BCUT2D eigenvalue weighted by molar-refractivity contribution is 0.0692. The Hall–Kier alpha value is -2.21. The molecule has 1 atom stereocenters. The molecule has 1 amide bonds. The summed E-state index contributed by atoms with van der Waals surface area (Å²) in [7, 11) is 0. The van der Waals surface area contributed by atoms with E-state index in [4.69, 9.17) is 5.11 Å². The van der Waals surface area contributed by atoms with Crippen molar-refractivity contribution in [2.24, 2.45) is 0 Å². The third-order valence-corrected chi connectivity index (χ3v) is 4.66. The average molecular weight is 316 g/mol. The van der Waals surface area contributed by atoms with E-state index in [1.807, 2.05) is 17.2 Å². The SMILES string of the molecule is Cc1nc(C2CCCN2C(=O)c2ccc(C(=O)O)cc2)cs1. The quantitative estimate of drug-likeness (QED) is 0.944. The summed E-state index contributed by atoms with van der Waals surface area (Å²) in [5.74, 6) is -1.05. The van der Waals surface area contributed by atoms with Crippen LogP contribution in [-0.2, 0) is 0 Å². The molecule has 114 valence electrons. The van der Waals surface area contributed by atoms with Gasteiger partial charge in [0.15, 0.2) is 0 Å². The Labute approximate surface area is 132 Å². The van der Waals surface area contributed by atoms with Crippen LogP contribution in [0.15, 0.2) is 29.6 Å². The Morgan fingerprint density at radius 2 is 1.95 bits per heavy atom. The summed E-state index contributed by atoms with van der Waals surface area (Å²) in [6.07, 6.45) is 1.88. The summed E-state index contributed by atoms with van der Waals surface area (Å²) < 4.78 is 0. The summed E-state index contributed by atoms with van der Waals surface area (Å²) in [5, 5.41) is 11.9. The zero-order chi connectivity index (χ0) is 15.7. The van der Waals surface area contributed by atoms with E-state index >= 15 is 0 Å². The van der Waals surface area contributed by atoms with Crippen molar-refractivity contribution in [3.05, 3.63) is 51.5 Å². The fourth-order valence-corrected chi connectivity index (χ4v) is 3.43. The molecule has 2 aromatic rings. The second kappa shape index (κ2) is 5.88. The number of hydrogen-bond donors (Lipinski definition) is 1. The smallest absolute Gasteiger partial charge is 0.335 e. The molecule has 3 rings (SSSR count). The maximum Gasteiger partial charge on any atom is 0.335 e. The second-order valence-corrected chi connectivity index (χ2v) is 6.39. The number of aromatic carboxylic acids is 1. The number of amides is 1. The van der Waals surface area contributed by atoms with Crippen LogP contribution in [-0.4, -0.2) is 33.4 Å². The van der Waals surface area contributed by atoms with Gasteiger partial charge >= 0.3 is 5.97 Å². The highest BCUT2D eigenvalue weighted by atomic mass is 32.1. The second-order valence-electron chi connectivity index (χ2n) is 5.33. The Balaban J connectivity index is 1.82. The number of rotatable bonds is 3. The molecule has 0 saturated carbocycles. The van der Waals surface area contributed by atoms with Crippen LogP contribution in [0.5, 0.6) is 0 Å². The Morgan fingerprint density at radius 1 is 1.27 bits per heavy atom. The van der Waals surface area contributed by atoms with E-state index in [9.17, 15) is 9.59 Å². The van der Waals surface area contributed by atoms with Crippen LogP contribution in [0.3, 0.4) is 0 Å². The highest BCUT2D eigenvalue weighted by Crippen LogP contribution is 2.33. The number of aromatic nitrogens is 1. The predicted molar refractivity (Wildman–Crippen MR) is 83.3 cm³/mol. The number of hydrogen-bond acceptors (Lipinski definition) is 4. The highest BCUT2D eigenvalue weighted by molar-refractivity contribution is 7.09. The molecule has 0 radical (unpaired) electrons. The summed E-state index contributed by atoms with van der Waals surface area (Å²) in [4.78, 5) is 29.9. The highest BCUT2D eigenvalue weighted by Gasteiger charge is 2.32. The molecule has 0 spiro atoms. The number of carbonyl (C=O) groups excluding carboxylic acids is 1. The lowest BCUT2D eigenvalue weighted by Gasteiger charge is -2.23. The molecule has 1 unspecified atom stereocenters. The monoisotopic (exact) mass is 316 g/mol. The van der Waals surface area contributed by atoms with Gasteiger partial charge in [-0.15, -0.1) is 11.3 Å². The Bertz CT molecular complexity index is 708. The van der Waals surface area contributed by atoms with Gasteiger partial charge in [0.05, 0.1) is 22.3 Å². The summed E-state index contributed by atoms with van der Waals surface area (Å²) in [5.41, 5.74) is 1.66. The minimum Gasteiger partial charge on any atom is -0.478 e. The van der Waals surface area contributed by atoms with Gasteiger partial charge in [-0.2, -0.15) is 0 Å². The fourth-order valence-electron chi connectivity index (χ4n) is 2.77. The van der Waals surface area contributed by atoms with Gasteiger partial charge in [-0.25, -0.2) is 9.78 Å². The molecule has 1 N–H and O–H groups in total. The van der Waals surface area contributed by atoms with E-state index in [-0.39, 0.29) is 17.5 Å². The lowest BCUT2D eigenvalue weighted by atomic mass is 10.1. The molecule has 6 heteroatoms. The van der Waals surface area contributed by atoms with Gasteiger partial charge in [0.1, 0.15) is 0 Å². The van der Waals surface area contributed by atoms with Crippen LogP contribution in [0.1, 0.15) is 50.3 Å². The number of benzene rings is 1. The standard InChI is InChI=1S/C16H16N2O3S/c1-10-17-13(9-22-10)14-3-2-8-18(14)15(19)11-4-6-12(7-5-11)16(20)21/h4-7,9,14H,2-3,8H2,1H3,(H,20,21). The molecule has 0 aliphatic carbocycles. The van der Waals surface area contributed by atoms with Crippen molar-refractivity contribution < 1.29 is 14.7 Å². The van der Waals surface area contributed by atoms with Crippen LogP contribution < -0.4 is 0 Å². The van der Waals surface area contributed by atoms with Gasteiger partial charge in [0.25, 0.3) is 5.91 Å². The maximum absolute atomic E-state index is 12.7. The molecule has 2 heterocycles. The van der Waals surface area contributed by atoms with Crippen molar-refractivity contribution in [2.75, 3.05) is 6.54 Å². The van der Waals surface area contributed by atoms with Gasteiger partial charge < -0.3 is 10.0 Å². The first-order valence-electron chi connectivity index (χ1n) is 7.12. The molecule has 0 bridgehead atoms. The van der Waals surface area contributed by atoms with E-state index in [1.165, 1.54) is 12.1 Å². The van der Waals surface area contributed by atoms with Gasteiger partial charge in [0, 0.05) is 17.5 Å². The van der Waals surface area contributed by atoms with Gasteiger partial charge in [-0.3, -0.25) is 4.79 Å². The number of thiazole rings is 1. The number of aryl methyl sites for hydroxylation is 1. The van der Waals surface area contributed by atoms with Crippen LogP contribution in [0.2, 0.25) is 0 Å². The molecule has 1 aromatic carbocycles. The predicted octanol–water partition coefficient (Wildman–Crippen LogP) is 3.13. The summed E-state index contributed by atoms with van der Waals surface area (Å²) in [6.45, 7) is 2.67. The van der Waals surface area contributed by atoms with Crippen LogP contribution >= 0.6 is 11.3 Å². The third-order valence-electron chi connectivity index (χ3n) is 3.87. The normalized spacial score (nSPS) is 17.7. The molecular formula is C16H16N2O3S. The van der Waals surface area contributed by atoms with Crippen molar-refractivity contribution in [3.8, 4) is 0 Å². The van der Waals surface area contributed by atoms with E-state index in [0.29, 0.717) is 12.1 Å².